The van der Waals surface area contributed by atoms with E-state index in [9.17, 15) is 39.9 Å². The standard InChI is InChI=1S/C23H24F6N6O4S/c24-22(25,26)15-2-4-18(23(27,28)29)14(8-15)10-35-6-5-19(34-35)20(36)17-9-31-12-32-21(17)33-16-3-1-13(7-16)11-39-40(30,37)38/h2,4-6,8-9,12-13,16,20,36H,1,3,7,10-11H2,(H2,30,37,38)(H,31,32,33)/t13-,16+,20?/m1/s1. The van der Waals surface area contributed by atoms with Gasteiger partial charge in [0.1, 0.15) is 18.2 Å². The molecule has 0 amide bonds. The monoisotopic (exact) mass is 594 g/mol. The zero-order valence-corrected chi connectivity index (χ0v) is 21.3. The van der Waals surface area contributed by atoms with Gasteiger partial charge in [-0.05, 0) is 55.0 Å². The third-order valence-electron chi connectivity index (χ3n) is 6.40. The van der Waals surface area contributed by atoms with Crippen molar-refractivity contribution in [3.05, 3.63) is 70.9 Å². The molecule has 0 radical (unpaired) electrons. The second kappa shape index (κ2) is 11.3. The fourth-order valence-electron chi connectivity index (χ4n) is 4.53. The molecule has 1 fully saturated rings. The van der Waals surface area contributed by atoms with E-state index in [-0.39, 0.29) is 35.6 Å². The summed E-state index contributed by atoms with van der Waals surface area (Å²) in [4.78, 5) is 8.06. The van der Waals surface area contributed by atoms with Crippen LogP contribution in [0.15, 0.2) is 43.0 Å². The van der Waals surface area contributed by atoms with E-state index < -0.39 is 52.0 Å². The van der Waals surface area contributed by atoms with Crippen molar-refractivity contribution in [1.29, 1.82) is 0 Å². The van der Waals surface area contributed by atoms with E-state index in [1.807, 2.05) is 0 Å². The molecule has 218 valence electrons. The molecule has 2 aromatic heterocycles. The Morgan fingerprint density at radius 1 is 1.15 bits per heavy atom. The molecule has 40 heavy (non-hydrogen) atoms. The van der Waals surface area contributed by atoms with E-state index in [2.05, 4.69) is 24.6 Å². The molecule has 2 heterocycles. The highest BCUT2D eigenvalue weighted by Crippen LogP contribution is 2.37. The first-order chi connectivity index (χ1) is 18.6. The molecule has 1 aliphatic carbocycles. The summed E-state index contributed by atoms with van der Waals surface area (Å²) in [7, 11) is -4.06. The number of nitrogens with zero attached hydrogens (tertiary/aromatic N) is 4. The molecule has 0 spiro atoms. The summed E-state index contributed by atoms with van der Waals surface area (Å²) in [6, 6.07) is 2.35. The normalized spacial score (nSPS) is 19.1. The van der Waals surface area contributed by atoms with Gasteiger partial charge < -0.3 is 10.4 Å². The van der Waals surface area contributed by atoms with Crippen molar-refractivity contribution in [2.75, 3.05) is 11.9 Å². The topological polar surface area (TPSA) is 145 Å². The van der Waals surface area contributed by atoms with Crippen molar-refractivity contribution in [2.45, 2.75) is 50.3 Å². The van der Waals surface area contributed by atoms with Crippen LogP contribution in [0.25, 0.3) is 0 Å². The van der Waals surface area contributed by atoms with Gasteiger partial charge in [-0.15, -0.1) is 0 Å². The first-order valence-corrected chi connectivity index (χ1v) is 13.3. The first-order valence-electron chi connectivity index (χ1n) is 11.8. The zero-order chi connectivity index (χ0) is 29.3. The smallest absolute Gasteiger partial charge is 0.382 e. The predicted molar refractivity (Wildman–Crippen MR) is 128 cm³/mol. The van der Waals surface area contributed by atoms with Gasteiger partial charge in [0, 0.05) is 24.0 Å². The van der Waals surface area contributed by atoms with Gasteiger partial charge in [-0.25, -0.2) is 15.1 Å². The summed E-state index contributed by atoms with van der Waals surface area (Å²) in [5.41, 5.74) is -2.90. The lowest BCUT2D eigenvalue weighted by molar-refractivity contribution is -0.141. The number of anilines is 1. The lowest BCUT2D eigenvalue weighted by atomic mass is 10.0. The quantitative estimate of drug-likeness (QED) is 0.319. The predicted octanol–water partition coefficient (Wildman–Crippen LogP) is 3.64. The van der Waals surface area contributed by atoms with Crippen LogP contribution in [0.1, 0.15) is 53.3 Å². The van der Waals surface area contributed by atoms with Gasteiger partial charge in [0.15, 0.2) is 0 Å². The fraction of sp³-hybridized carbons (Fsp3) is 0.435. The maximum absolute atomic E-state index is 13.5. The summed E-state index contributed by atoms with van der Waals surface area (Å²) >= 11 is 0. The zero-order valence-electron chi connectivity index (χ0n) is 20.5. The average molecular weight is 595 g/mol. The molecule has 0 saturated heterocycles. The van der Waals surface area contributed by atoms with E-state index in [4.69, 9.17) is 5.14 Å². The molecule has 1 saturated carbocycles. The summed E-state index contributed by atoms with van der Waals surface area (Å²) < 4.78 is 107. The molecular weight excluding hydrogens is 570 g/mol. The Bertz CT molecular complexity index is 1450. The van der Waals surface area contributed by atoms with Gasteiger partial charge in [-0.2, -0.15) is 39.9 Å². The van der Waals surface area contributed by atoms with Crippen LogP contribution < -0.4 is 10.5 Å². The van der Waals surface area contributed by atoms with Crippen molar-refractivity contribution in [2.24, 2.45) is 11.1 Å². The summed E-state index contributed by atoms with van der Waals surface area (Å²) in [5.74, 6) is 0.173. The van der Waals surface area contributed by atoms with E-state index in [1.54, 1.807) is 0 Å². The van der Waals surface area contributed by atoms with Crippen molar-refractivity contribution in [3.63, 3.8) is 0 Å². The maximum atomic E-state index is 13.5. The molecule has 1 aliphatic rings. The Balaban J connectivity index is 1.50. The minimum absolute atomic E-state index is 0.00392. The number of rotatable bonds is 9. The number of aliphatic hydroxyl groups is 1. The van der Waals surface area contributed by atoms with E-state index in [0.29, 0.717) is 37.5 Å². The van der Waals surface area contributed by atoms with Crippen LogP contribution in [0, 0.1) is 5.92 Å². The number of halogens is 6. The second-order valence-corrected chi connectivity index (χ2v) is 10.6. The lowest BCUT2D eigenvalue weighted by Crippen LogP contribution is -2.22. The van der Waals surface area contributed by atoms with E-state index >= 15 is 0 Å². The Labute approximate surface area is 224 Å². The third-order valence-corrected chi connectivity index (χ3v) is 6.86. The van der Waals surface area contributed by atoms with Crippen LogP contribution in [0.4, 0.5) is 32.2 Å². The van der Waals surface area contributed by atoms with Crippen molar-refractivity contribution in [1.82, 2.24) is 19.7 Å². The molecule has 4 N–H and O–H groups in total. The van der Waals surface area contributed by atoms with Crippen LogP contribution in [-0.2, 0) is 33.4 Å². The number of aromatic nitrogens is 4. The second-order valence-electron chi connectivity index (χ2n) is 9.33. The minimum atomic E-state index is -4.89. The summed E-state index contributed by atoms with van der Waals surface area (Å²) in [6.07, 6.45) is -5.52. The molecule has 1 aromatic carbocycles. The highest BCUT2D eigenvalue weighted by Gasteiger charge is 2.37. The van der Waals surface area contributed by atoms with Crippen LogP contribution in [-0.4, -0.2) is 45.9 Å². The van der Waals surface area contributed by atoms with Crippen molar-refractivity contribution in [3.8, 4) is 0 Å². The lowest BCUT2D eigenvalue weighted by Gasteiger charge is -2.18. The third kappa shape index (κ3) is 7.47. The highest BCUT2D eigenvalue weighted by atomic mass is 32.2. The molecular formula is C23H24F6N6O4S. The van der Waals surface area contributed by atoms with Gasteiger partial charge in [0.05, 0.1) is 30.0 Å². The van der Waals surface area contributed by atoms with Crippen molar-refractivity contribution < 1.29 is 44.0 Å². The Kier molecular flexibility index (Phi) is 8.39. The van der Waals surface area contributed by atoms with Gasteiger partial charge in [-0.1, -0.05) is 0 Å². The number of alkyl halides is 6. The number of benzene rings is 1. The molecule has 0 bridgehead atoms. The maximum Gasteiger partial charge on any atom is 0.416 e. The molecule has 1 unspecified atom stereocenters. The van der Waals surface area contributed by atoms with Gasteiger partial charge in [0.2, 0.25) is 0 Å². The summed E-state index contributed by atoms with van der Waals surface area (Å²) in [5, 5.41) is 23.1. The number of aliphatic hydroxyl groups excluding tert-OH is 1. The van der Waals surface area contributed by atoms with Gasteiger partial charge in [-0.3, -0.25) is 8.86 Å². The van der Waals surface area contributed by atoms with Crippen LogP contribution >= 0.6 is 0 Å². The van der Waals surface area contributed by atoms with Crippen molar-refractivity contribution >= 4 is 16.1 Å². The SMILES string of the molecule is NS(=O)(=O)OC[C@@H]1CC[C@H](Nc2ncncc2C(O)c2ccn(Cc3cc(C(F)(F)F)ccc3C(F)(F)F)n2)C1. The van der Waals surface area contributed by atoms with Crippen LogP contribution in [0.2, 0.25) is 0 Å². The number of hydrogen-bond donors (Lipinski definition) is 3. The average Bonchev–Trinajstić information content (AvgIpc) is 3.50. The number of nitrogens with two attached hydrogens (primary N) is 1. The molecule has 17 heteroatoms. The van der Waals surface area contributed by atoms with Gasteiger partial charge >= 0.3 is 22.7 Å². The Morgan fingerprint density at radius 2 is 1.90 bits per heavy atom. The van der Waals surface area contributed by atoms with Crippen LogP contribution in [0.5, 0.6) is 0 Å². The number of hydrogen-bond acceptors (Lipinski definition) is 8. The Morgan fingerprint density at radius 3 is 2.58 bits per heavy atom. The highest BCUT2D eigenvalue weighted by molar-refractivity contribution is 7.84. The Hall–Kier alpha value is -3.28. The molecule has 4 rings (SSSR count). The fourth-order valence-corrected chi connectivity index (χ4v) is 4.91. The first kappa shape index (κ1) is 29.7. The number of nitrogens with one attached hydrogen (secondary N) is 1. The molecule has 0 aliphatic heterocycles. The summed E-state index contributed by atoms with van der Waals surface area (Å²) in [6.45, 7) is -0.707. The molecule has 3 aromatic rings. The van der Waals surface area contributed by atoms with Crippen LogP contribution in [0.3, 0.4) is 0 Å². The largest absolute Gasteiger partial charge is 0.416 e. The molecule has 3 atom stereocenters. The van der Waals surface area contributed by atoms with Gasteiger partial charge in [0.25, 0.3) is 0 Å². The molecule has 10 nitrogen and oxygen atoms in total. The van der Waals surface area contributed by atoms with E-state index in [1.165, 1.54) is 24.8 Å². The van der Waals surface area contributed by atoms with E-state index in [0.717, 1.165) is 4.68 Å². The minimum Gasteiger partial charge on any atom is -0.382 e.